The average Bonchev–Trinajstić information content (AvgIpc) is 3.53. The largest absolute Gasteiger partial charge is 0.497 e. The van der Waals surface area contributed by atoms with E-state index in [0.29, 0.717) is 31.2 Å². The van der Waals surface area contributed by atoms with Crippen LogP contribution in [0.5, 0.6) is 23.0 Å². The van der Waals surface area contributed by atoms with Gasteiger partial charge in [0.05, 0.1) is 20.8 Å². The minimum atomic E-state index is -0.141. The maximum absolute atomic E-state index is 12.7. The predicted octanol–water partition coefficient (Wildman–Crippen LogP) is 4.87. The molecule has 0 bridgehead atoms. The standard InChI is InChI=1S/C27H33N3O5S/c1-17(2)18(3)28-27(31)22-15-36-26(29-22)14-30(12-19-6-9-23-25(10-19)35-16-34-23)13-20-7-8-21(32-4)11-24(20)33-5/h6-11,15,17-18H,12-14,16H2,1-5H3,(H,28,31). The molecular weight excluding hydrogens is 478 g/mol. The van der Waals surface area contributed by atoms with Gasteiger partial charge in [-0.2, -0.15) is 0 Å². The Kier molecular flexibility index (Phi) is 8.32. The number of hydrogen-bond acceptors (Lipinski definition) is 8. The fraction of sp³-hybridized carbons (Fsp3) is 0.407. The molecule has 2 heterocycles. The van der Waals surface area contributed by atoms with Crippen LogP contribution >= 0.6 is 11.3 Å². The molecule has 3 aromatic rings. The number of nitrogens with one attached hydrogen (secondary N) is 1. The minimum absolute atomic E-state index is 0.0766. The Morgan fingerprint density at radius 2 is 1.86 bits per heavy atom. The quantitative estimate of drug-likeness (QED) is 0.393. The second-order valence-electron chi connectivity index (χ2n) is 9.14. The van der Waals surface area contributed by atoms with Crippen molar-refractivity contribution in [2.24, 2.45) is 5.92 Å². The number of carbonyl (C=O) groups excluding carboxylic acids is 1. The van der Waals surface area contributed by atoms with Crippen molar-refractivity contribution in [3.8, 4) is 23.0 Å². The second-order valence-corrected chi connectivity index (χ2v) is 10.1. The van der Waals surface area contributed by atoms with Gasteiger partial charge in [0.2, 0.25) is 6.79 Å². The van der Waals surface area contributed by atoms with Crippen LogP contribution in [-0.2, 0) is 19.6 Å². The van der Waals surface area contributed by atoms with Gasteiger partial charge in [0.1, 0.15) is 22.2 Å². The van der Waals surface area contributed by atoms with E-state index in [4.69, 9.17) is 18.9 Å². The third-order valence-electron chi connectivity index (χ3n) is 6.23. The SMILES string of the molecule is COc1ccc(CN(Cc2ccc3c(c2)OCO3)Cc2nc(C(=O)NC(C)C(C)C)cs2)c(OC)c1. The zero-order chi connectivity index (χ0) is 25.7. The summed E-state index contributed by atoms with van der Waals surface area (Å²) in [4.78, 5) is 19.6. The van der Waals surface area contributed by atoms with Gasteiger partial charge in [0.25, 0.3) is 5.91 Å². The molecule has 0 spiro atoms. The van der Waals surface area contributed by atoms with E-state index in [1.165, 1.54) is 11.3 Å². The number of rotatable bonds is 11. The monoisotopic (exact) mass is 511 g/mol. The molecule has 192 valence electrons. The summed E-state index contributed by atoms with van der Waals surface area (Å²) < 4.78 is 22.0. The lowest BCUT2D eigenvalue weighted by Gasteiger charge is -2.23. The molecule has 0 saturated carbocycles. The number of methoxy groups -OCH3 is 2. The maximum Gasteiger partial charge on any atom is 0.270 e. The van der Waals surface area contributed by atoms with Gasteiger partial charge >= 0.3 is 0 Å². The topological polar surface area (TPSA) is 82.2 Å². The van der Waals surface area contributed by atoms with Gasteiger partial charge < -0.3 is 24.3 Å². The van der Waals surface area contributed by atoms with Gasteiger partial charge in [-0.3, -0.25) is 9.69 Å². The highest BCUT2D eigenvalue weighted by Gasteiger charge is 2.19. The van der Waals surface area contributed by atoms with E-state index in [1.807, 2.05) is 48.7 Å². The van der Waals surface area contributed by atoms with E-state index >= 15 is 0 Å². The van der Waals surface area contributed by atoms with Crippen molar-refractivity contribution >= 4 is 17.2 Å². The summed E-state index contributed by atoms with van der Waals surface area (Å²) in [6, 6.07) is 11.9. The molecule has 0 aliphatic carbocycles. The van der Waals surface area contributed by atoms with Crippen molar-refractivity contribution in [3.63, 3.8) is 0 Å². The second kappa shape index (κ2) is 11.6. The molecule has 1 unspecified atom stereocenters. The summed E-state index contributed by atoms with van der Waals surface area (Å²) in [5.41, 5.74) is 2.57. The molecule has 1 atom stereocenters. The summed E-state index contributed by atoms with van der Waals surface area (Å²) in [7, 11) is 3.29. The molecule has 1 aromatic heterocycles. The maximum atomic E-state index is 12.7. The summed E-state index contributed by atoms with van der Waals surface area (Å²) >= 11 is 1.49. The highest BCUT2D eigenvalue weighted by molar-refractivity contribution is 7.09. The van der Waals surface area contributed by atoms with E-state index in [0.717, 1.165) is 39.1 Å². The Hall–Kier alpha value is -3.30. The molecule has 0 saturated heterocycles. The zero-order valence-electron chi connectivity index (χ0n) is 21.4. The number of ether oxygens (including phenoxy) is 4. The zero-order valence-corrected chi connectivity index (χ0v) is 22.2. The van der Waals surface area contributed by atoms with E-state index < -0.39 is 0 Å². The lowest BCUT2D eigenvalue weighted by atomic mass is 10.1. The van der Waals surface area contributed by atoms with Gasteiger partial charge in [0, 0.05) is 36.1 Å². The van der Waals surface area contributed by atoms with Crippen molar-refractivity contribution < 1.29 is 23.7 Å². The van der Waals surface area contributed by atoms with Crippen molar-refractivity contribution in [3.05, 3.63) is 63.6 Å². The highest BCUT2D eigenvalue weighted by atomic mass is 32.1. The van der Waals surface area contributed by atoms with Crippen LogP contribution < -0.4 is 24.3 Å². The molecular formula is C27H33N3O5S. The van der Waals surface area contributed by atoms with Gasteiger partial charge in [0.15, 0.2) is 11.5 Å². The molecule has 1 aliphatic heterocycles. The molecule has 2 aromatic carbocycles. The Balaban J connectivity index is 1.54. The van der Waals surface area contributed by atoms with Crippen LogP contribution in [0.4, 0.5) is 0 Å². The average molecular weight is 512 g/mol. The normalized spacial score (nSPS) is 13.2. The van der Waals surface area contributed by atoms with Crippen molar-refractivity contribution in [2.45, 2.75) is 46.4 Å². The van der Waals surface area contributed by atoms with Crippen LogP contribution in [0.1, 0.15) is 47.4 Å². The molecule has 36 heavy (non-hydrogen) atoms. The van der Waals surface area contributed by atoms with E-state index in [9.17, 15) is 4.79 Å². The van der Waals surface area contributed by atoms with Crippen LogP contribution in [0.25, 0.3) is 0 Å². The number of aromatic nitrogens is 1. The van der Waals surface area contributed by atoms with Crippen LogP contribution in [0, 0.1) is 5.92 Å². The Morgan fingerprint density at radius 1 is 1.06 bits per heavy atom. The smallest absolute Gasteiger partial charge is 0.270 e. The lowest BCUT2D eigenvalue weighted by Crippen LogP contribution is -2.36. The fourth-order valence-corrected chi connectivity index (χ4v) is 4.63. The number of nitrogens with zero attached hydrogens (tertiary/aromatic N) is 2. The van der Waals surface area contributed by atoms with Crippen molar-refractivity contribution in [1.29, 1.82) is 0 Å². The van der Waals surface area contributed by atoms with Gasteiger partial charge in [-0.1, -0.05) is 26.0 Å². The molecule has 1 amide bonds. The molecule has 4 rings (SSSR count). The predicted molar refractivity (Wildman–Crippen MR) is 139 cm³/mol. The third kappa shape index (κ3) is 6.27. The molecule has 0 fully saturated rings. The summed E-state index contributed by atoms with van der Waals surface area (Å²) in [5, 5.41) is 5.72. The number of hydrogen-bond donors (Lipinski definition) is 1. The van der Waals surface area contributed by atoms with Crippen LogP contribution in [0.3, 0.4) is 0 Å². The summed E-state index contributed by atoms with van der Waals surface area (Å²) in [6.45, 7) is 8.25. The van der Waals surface area contributed by atoms with Crippen LogP contribution in [0.2, 0.25) is 0 Å². The molecule has 8 nitrogen and oxygen atoms in total. The summed E-state index contributed by atoms with van der Waals surface area (Å²) in [6.07, 6.45) is 0. The van der Waals surface area contributed by atoms with E-state index in [1.54, 1.807) is 14.2 Å². The molecule has 0 radical (unpaired) electrons. The lowest BCUT2D eigenvalue weighted by molar-refractivity contribution is 0.0925. The van der Waals surface area contributed by atoms with Crippen LogP contribution in [0.15, 0.2) is 41.8 Å². The molecule has 1 N–H and O–H groups in total. The van der Waals surface area contributed by atoms with E-state index in [-0.39, 0.29) is 18.7 Å². The first-order valence-corrected chi connectivity index (χ1v) is 12.8. The fourth-order valence-electron chi connectivity index (χ4n) is 3.82. The number of carbonyl (C=O) groups is 1. The Bertz CT molecular complexity index is 1200. The number of fused-ring (bicyclic) bond motifs is 1. The number of amides is 1. The molecule has 9 heteroatoms. The van der Waals surface area contributed by atoms with Crippen LogP contribution in [-0.4, -0.2) is 42.8 Å². The van der Waals surface area contributed by atoms with Gasteiger partial charge in [-0.05, 0) is 36.6 Å². The van der Waals surface area contributed by atoms with Gasteiger partial charge in [-0.15, -0.1) is 11.3 Å². The number of benzene rings is 2. The highest BCUT2D eigenvalue weighted by Crippen LogP contribution is 2.33. The Morgan fingerprint density at radius 3 is 2.61 bits per heavy atom. The van der Waals surface area contributed by atoms with E-state index in [2.05, 4.69) is 29.0 Å². The number of thiazole rings is 1. The van der Waals surface area contributed by atoms with Crippen molar-refractivity contribution in [2.75, 3.05) is 21.0 Å². The van der Waals surface area contributed by atoms with Gasteiger partial charge in [-0.25, -0.2) is 4.98 Å². The first kappa shape index (κ1) is 25.8. The minimum Gasteiger partial charge on any atom is -0.497 e. The third-order valence-corrected chi connectivity index (χ3v) is 7.07. The van der Waals surface area contributed by atoms with Crippen molar-refractivity contribution in [1.82, 2.24) is 15.2 Å². The first-order valence-electron chi connectivity index (χ1n) is 11.9. The molecule has 1 aliphatic rings. The summed E-state index contributed by atoms with van der Waals surface area (Å²) in [5.74, 6) is 3.22. The Labute approximate surface area is 216 Å². The first-order chi connectivity index (χ1) is 17.4.